The van der Waals surface area contributed by atoms with Crippen molar-refractivity contribution in [2.75, 3.05) is 0 Å². The summed E-state index contributed by atoms with van der Waals surface area (Å²) in [6.45, 7) is 4.50. The largest absolute Gasteiger partial charge is 0.212 e. The fourth-order valence-corrected chi connectivity index (χ4v) is 2.16. The van der Waals surface area contributed by atoms with Gasteiger partial charge in [0.25, 0.3) is 0 Å². The van der Waals surface area contributed by atoms with Gasteiger partial charge >= 0.3 is 0 Å². The van der Waals surface area contributed by atoms with E-state index in [1.54, 1.807) is 5.92 Å². The molecule has 0 heterocycles. The number of thiol groups is 1. The first-order valence-corrected chi connectivity index (χ1v) is 4.82. The Balaban J connectivity index is 0.000000845. The molecule has 1 aromatic rings. The molecule has 2 rings (SSSR count). The Morgan fingerprint density at radius 2 is 2.08 bits per heavy atom. The molecule has 0 saturated heterocycles. The van der Waals surface area contributed by atoms with E-state index in [-0.39, 0.29) is 21.1 Å². The minimum atomic E-state index is 0. The molecule has 70 valence electrons. The zero-order chi connectivity index (χ0) is 8.72. The third kappa shape index (κ3) is 1.82. The van der Waals surface area contributed by atoms with Gasteiger partial charge in [-0.1, -0.05) is 37.1 Å². The molecule has 0 atom stereocenters. The van der Waals surface area contributed by atoms with Crippen LogP contribution in [0.25, 0.3) is 0 Å². The van der Waals surface area contributed by atoms with Crippen molar-refractivity contribution in [3.05, 3.63) is 35.2 Å². The van der Waals surface area contributed by atoms with Crippen molar-refractivity contribution in [1.29, 1.82) is 0 Å². The molecule has 0 fully saturated rings. The van der Waals surface area contributed by atoms with Crippen LogP contribution in [0.4, 0.5) is 0 Å². The van der Waals surface area contributed by atoms with Gasteiger partial charge in [-0.05, 0) is 0 Å². The van der Waals surface area contributed by atoms with Crippen molar-refractivity contribution < 1.29 is 21.1 Å². The van der Waals surface area contributed by atoms with Crippen molar-refractivity contribution >= 4 is 12.6 Å². The summed E-state index contributed by atoms with van der Waals surface area (Å²) < 4.78 is 0. The second kappa shape index (κ2) is 4.10. The Bertz CT molecular complexity index is 293. The maximum atomic E-state index is 4.45. The predicted molar refractivity (Wildman–Crippen MR) is 54.6 cm³/mol. The van der Waals surface area contributed by atoms with Gasteiger partial charge in [0, 0.05) is 21.1 Å². The van der Waals surface area contributed by atoms with Gasteiger partial charge in [0.05, 0.1) is 0 Å². The van der Waals surface area contributed by atoms with Crippen LogP contribution >= 0.6 is 12.6 Å². The summed E-state index contributed by atoms with van der Waals surface area (Å²) in [6.07, 6.45) is 1.17. The molecule has 0 amide bonds. The second-order valence-electron chi connectivity index (χ2n) is 3.67. The van der Waals surface area contributed by atoms with Crippen LogP contribution in [-0.2, 0) is 27.5 Å². The first-order valence-electron chi connectivity index (χ1n) is 4.37. The van der Waals surface area contributed by atoms with Gasteiger partial charge in [0.15, 0.2) is 0 Å². The van der Waals surface area contributed by atoms with E-state index in [2.05, 4.69) is 44.7 Å². The molecule has 1 aromatic carbocycles. The Morgan fingerprint density at radius 1 is 1.38 bits per heavy atom. The van der Waals surface area contributed by atoms with Gasteiger partial charge in [-0.2, -0.15) is 17.0 Å². The summed E-state index contributed by atoms with van der Waals surface area (Å²) in [4.78, 5) is 1.14. The van der Waals surface area contributed by atoms with Gasteiger partial charge < -0.3 is 0 Å². The number of benzene rings is 1. The van der Waals surface area contributed by atoms with Crippen molar-refractivity contribution in [3.63, 3.8) is 0 Å². The van der Waals surface area contributed by atoms with Crippen LogP contribution in [0.5, 0.6) is 0 Å². The molecular formula is C11H13SW-. The maximum absolute atomic E-state index is 4.45. The maximum Gasteiger partial charge on any atom is 0 e. The quantitative estimate of drug-likeness (QED) is 0.577. The number of hydrogen-bond acceptors (Lipinski definition) is 1. The smallest absolute Gasteiger partial charge is 0 e. The van der Waals surface area contributed by atoms with Crippen LogP contribution < -0.4 is 0 Å². The van der Waals surface area contributed by atoms with Crippen LogP contribution in [0.3, 0.4) is 0 Å². The first kappa shape index (κ1) is 11.2. The van der Waals surface area contributed by atoms with Crippen molar-refractivity contribution in [2.45, 2.75) is 25.2 Å². The summed E-state index contributed by atoms with van der Waals surface area (Å²) >= 11 is 4.45. The van der Waals surface area contributed by atoms with Crippen molar-refractivity contribution in [2.24, 2.45) is 5.92 Å². The zero-order valence-corrected chi connectivity index (χ0v) is 11.7. The summed E-state index contributed by atoms with van der Waals surface area (Å²) in [7, 11) is 0. The fourth-order valence-electron chi connectivity index (χ4n) is 1.78. The first-order chi connectivity index (χ1) is 5.70. The van der Waals surface area contributed by atoms with E-state index in [4.69, 9.17) is 0 Å². The molecule has 1 aliphatic rings. The van der Waals surface area contributed by atoms with E-state index in [0.717, 1.165) is 4.90 Å². The van der Waals surface area contributed by atoms with Crippen LogP contribution in [-0.4, -0.2) is 0 Å². The van der Waals surface area contributed by atoms with E-state index >= 15 is 0 Å². The van der Waals surface area contributed by atoms with Gasteiger partial charge in [0.1, 0.15) is 0 Å². The van der Waals surface area contributed by atoms with Crippen LogP contribution in [0.1, 0.15) is 25.0 Å². The Hall–Kier alpha value is 0.128. The second-order valence-corrected chi connectivity index (χ2v) is 4.15. The van der Waals surface area contributed by atoms with Crippen molar-refractivity contribution in [1.82, 2.24) is 0 Å². The molecule has 13 heavy (non-hydrogen) atoms. The Kier molecular flexibility index (Phi) is 3.54. The van der Waals surface area contributed by atoms with Crippen LogP contribution in [0.2, 0.25) is 0 Å². The molecule has 0 aliphatic heterocycles. The minimum Gasteiger partial charge on any atom is -0.212 e. The van der Waals surface area contributed by atoms with E-state index < -0.39 is 0 Å². The zero-order valence-electron chi connectivity index (χ0n) is 7.87. The van der Waals surface area contributed by atoms with Gasteiger partial charge in [-0.15, -0.1) is 12.1 Å². The molecule has 1 aliphatic carbocycles. The molecule has 0 bridgehead atoms. The third-order valence-electron chi connectivity index (χ3n) is 2.53. The average molecular weight is 361 g/mol. The molecular weight excluding hydrogens is 348 g/mol. The van der Waals surface area contributed by atoms with Crippen LogP contribution in [0, 0.1) is 11.8 Å². The summed E-state index contributed by atoms with van der Waals surface area (Å²) in [5.41, 5.74) is 2.88. The van der Waals surface area contributed by atoms with E-state index in [1.807, 2.05) is 0 Å². The normalized spacial score (nSPS) is 13.4. The molecule has 0 aromatic heterocycles. The number of hydrogen-bond donors (Lipinski definition) is 1. The van der Waals surface area contributed by atoms with Crippen molar-refractivity contribution in [3.8, 4) is 0 Å². The van der Waals surface area contributed by atoms with E-state index in [1.165, 1.54) is 17.5 Å². The van der Waals surface area contributed by atoms with Crippen LogP contribution in [0.15, 0.2) is 23.1 Å². The molecule has 0 N–H and O–H groups in total. The predicted octanol–water partition coefficient (Wildman–Crippen LogP) is 3.11. The Labute approximate surface area is 99.8 Å². The summed E-state index contributed by atoms with van der Waals surface area (Å²) in [5.74, 6) is 2.24. The molecule has 2 heteroatoms. The standard InChI is InChI=1S/C11H13S.W/c1-7(2)9-6-8-4-3-5-10(12)11(8)9;/h3-5,7,12H,6H2,1-2H3;/q-1;. The average Bonchev–Trinajstić information content (AvgIpc) is 1.91. The number of fused-ring (bicyclic) bond motifs is 1. The molecule has 0 nitrogen and oxygen atoms in total. The summed E-state index contributed by atoms with van der Waals surface area (Å²) in [5, 5.41) is 0. The number of rotatable bonds is 1. The van der Waals surface area contributed by atoms with Gasteiger partial charge in [-0.3, -0.25) is 0 Å². The molecule has 0 saturated carbocycles. The van der Waals surface area contributed by atoms with Gasteiger partial charge in [-0.25, -0.2) is 12.6 Å². The van der Waals surface area contributed by atoms with E-state index in [9.17, 15) is 0 Å². The molecule has 0 unspecified atom stereocenters. The van der Waals surface area contributed by atoms with Gasteiger partial charge in [0.2, 0.25) is 0 Å². The minimum absolute atomic E-state index is 0. The fraction of sp³-hybridized carbons (Fsp3) is 0.364. The van der Waals surface area contributed by atoms with E-state index in [0.29, 0.717) is 5.92 Å². The Morgan fingerprint density at radius 3 is 2.62 bits per heavy atom. The SMILES string of the molecule is CC(C)[C-]1Cc2cccc(S)c21.[W]. The molecule has 0 spiro atoms. The third-order valence-corrected chi connectivity index (χ3v) is 2.90. The topological polar surface area (TPSA) is 0 Å². The monoisotopic (exact) mass is 361 g/mol. The molecule has 0 radical (unpaired) electrons. The summed E-state index contributed by atoms with van der Waals surface area (Å²) in [6, 6.07) is 6.35.